The van der Waals surface area contributed by atoms with Gasteiger partial charge in [-0.15, -0.1) is 0 Å². The molecule has 0 aromatic heterocycles. The number of rotatable bonds is 7. The summed E-state index contributed by atoms with van der Waals surface area (Å²) in [6.45, 7) is 7.90. The first-order valence-corrected chi connectivity index (χ1v) is 5.69. The molecule has 0 aromatic carbocycles. The van der Waals surface area contributed by atoms with Crippen LogP contribution in [0.2, 0.25) is 0 Å². The number of carbonyl (C=O) groups excluding carboxylic acids is 1. The molecule has 0 fully saturated rings. The molecule has 15 heavy (non-hydrogen) atoms. The number of esters is 1. The van der Waals surface area contributed by atoms with Crippen LogP contribution in [0.3, 0.4) is 0 Å². The van der Waals surface area contributed by atoms with Crippen molar-refractivity contribution in [3.8, 4) is 0 Å². The fourth-order valence-electron chi connectivity index (χ4n) is 1.55. The van der Waals surface area contributed by atoms with Crippen molar-refractivity contribution < 1.29 is 14.3 Å². The van der Waals surface area contributed by atoms with E-state index in [0.717, 1.165) is 19.3 Å². The minimum Gasteiger partial charge on any atom is -0.460 e. The second kappa shape index (κ2) is 6.83. The van der Waals surface area contributed by atoms with Crippen LogP contribution in [0, 0.1) is 0 Å². The molecule has 0 aliphatic carbocycles. The monoisotopic (exact) mass is 216 g/mol. The van der Waals surface area contributed by atoms with E-state index in [2.05, 4.69) is 6.92 Å². The summed E-state index contributed by atoms with van der Waals surface area (Å²) in [5.41, 5.74) is -0.428. The van der Waals surface area contributed by atoms with Gasteiger partial charge in [0.25, 0.3) is 0 Å². The van der Waals surface area contributed by atoms with Crippen molar-refractivity contribution >= 4 is 5.97 Å². The summed E-state index contributed by atoms with van der Waals surface area (Å²) in [6, 6.07) is 0. The fourth-order valence-corrected chi connectivity index (χ4v) is 1.55. The van der Waals surface area contributed by atoms with E-state index in [1.165, 1.54) is 0 Å². The molecule has 0 rings (SSSR count). The predicted octanol–water partition coefficient (Wildman–Crippen LogP) is 2.92. The van der Waals surface area contributed by atoms with Crippen LogP contribution >= 0.6 is 0 Å². The summed E-state index contributed by atoms with van der Waals surface area (Å²) in [5.74, 6) is -0.117. The lowest BCUT2D eigenvalue weighted by atomic mass is 9.99. The van der Waals surface area contributed by atoms with E-state index in [4.69, 9.17) is 9.47 Å². The number of hydrogen-bond donors (Lipinski definition) is 0. The lowest BCUT2D eigenvalue weighted by molar-refractivity contribution is -0.159. The summed E-state index contributed by atoms with van der Waals surface area (Å²) in [6.07, 6.45) is 3.17. The van der Waals surface area contributed by atoms with E-state index in [0.29, 0.717) is 6.42 Å². The standard InChI is InChI=1S/C12H24O3/c1-6-8-11(13)15-12(3,4)9-10(7-2)14-5/h10H,6-9H2,1-5H3. The Hall–Kier alpha value is -0.570. The molecule has 0 amide bonds. The molecule has 1 atom stereocenters. The molecule has 0 radical (unpaired) electrons. The molecule has 90 valence electrons. The molecule has 3 heteroatoms. The molecule has 1 unspecified atom stereocenters. The molecule has 3 nitrogen and oxygen atoms in total. The molecule has 0 saturated heterocycles. The highest BCUT2D eigenvalue weighted by Crippen LogP contribution is 2.20. The van der Waals surface area contributed by atoms with Crippen LogP contribution in [0.25, 0.3) is 0 Å². The van der Waals surface area contributed by atoms with Gasteiger partial charge in [0, 0.05) is 20.0 Å². The second-order valence-corrected chi connectivity index (χ2v) is 4.45. The molecular weight excluding hydrogens is 192 g/mol. The van der Waals surface area contributed by atoms with Crippen LogP contribution in [0.1, 0.15) is 53.4 Å². The van der Waals surface area contributed by atoms with E-state index in [1.54, 1.807) is 7.11 Å². The van der Waals surface area contributed by atoms with Crippen molar-refractivity contribution in [1.82, 2.24) is 0 Å². The summed E-state index contributed by atoms with van der Waals surface area (Å²) >= 11 is 0. The minimum atomic E-state index is -0.428. The first-order chi connectivity index (χ1) is 6.95. The maximum atomic E-state index is 11.4. The van der Waals surface area contributed by atoms with Crippen LogP contribution in [-0.2, 0) is 14.3 Å². The first kappa shape index (κ1) is 14.4. The van der Waals surface area contributed by atoms with Crippen molar-refractivity contribution in [2.24, 2.45) is 0 Å². The molecule has 0 aliphatic rings. The van der Waals surface area contributed by atoms with Crippen molar-refractivity contribution in [2.75, 3.05) is 7.11 Å². The number of carbonyl (C=O) groups is 1. The largest absolute Gasteiger partial charge is 0.460 e. The Bertz CT molecular complexity index is 183. The third-order valence-electron chi connectivity index (χ3n) is 2.35. The Morgan fingerprint density at radius 3 is 2.33 bits per heavy atom. The summed E-state index contributed by atoms with van der Waals surface area (Å²) in [5, 5.41) is 0. The Labute approximate surface area is 93.1 Å². The normalized spacial score (nSPS) is 13.7. The zero-order chi connectivity index (χ0) is 11.9. The van der Waals surface area contributed by atoms with E-state index in [9.17, 15) is 4.79 Å². The van der Waals surface area contributed by atoms with Crippen molar-refractivity contribution in [3.05, 3.63) is 0 Å². The van der Waals surface area contributed by atoms with Gasteiger partial charge in [0.05, 0.1) is 6.10 Å². The maximum absolute atomic E-state index is 11.4. The van der Waals surface area contributed by atoms with Gasteiger partial charge in [0.1, 0.15) is 5.60 Å². The number of hydrogen-bond acceptors (Lipinski definition) is 3. The topological polar surface area (TPSA) is 35.5 Å². The molecule has 0 bridgehead atoms. The van der Waals surface area contributed by atoms with Gasteiger partial charge < -0.3 is 9.47 Å². The lowest BCUT2D eigenvalue weighted by Crippen LogP contribution is -2.33. The van der Waals surface area contributed by atoms with E-state index in [1.807, 2.05) is 20.8 Å². The van der Waals surface area contributed by atoms with Crippen LogP contribution < -0.4 is 0 Å². The van der Waals surface area contributed by atoms with Gasteiger partial charge in [-0.3, -0.25) is 4.79 Å². The lowest BCUT2D eigenvalue weighted by Gasteiger charge is -2.28. The molecule has 0 aromatic rings. The Morgan fingerprint density at radius 1 is 1.33 bits per heavy atom. The molecule has 0 spiro atoms. The average Bonchev–Trinajstić information content (AvgIpc) is 2.13. The van der Waals surface area contributed by atoms with Crippen molar-refractivity contribution in [2.45, 2.75) is 65.1 Å². The Balaban J connectivity index is 4.10. The average molecular weight is 216 g/mol. The minimum absolute atomic E-state index is 0.117. The van der Waals surface area contributed by atoms with Crippen molar-refractivity contribution in [3.63, 3.8) is 0 Å². The SMILES string of the molecule is CCCC(=O)OC(C)(C)CC(CC)OC. The van der Waals surface area contributed by atoms with Gasteiger partial charge in [0.15, 0.2) is 0 Å². The second-order valence-electron chi connectivity index (χ2n) is 4.45. The predicted molar refractivity (Wildman–Crippen MR) is 60.8 cm³/mol. The number of methoxy groups -OCH3 is 1. The van der Waals surface area contributed by atoms with E-state index in [-0.39, 0.29) is 12.1 Å². The third-order valence-corrected chi connectivity index (χ3v) is 2.35. The summed E-state index contributed by atoms with van der Waals surface area (Å²) in [4.78, 5) is 11.4. The zero-order valence-corrected chi connectivity index (χ0v) is 10.6. The molecule has 0 aliphatic heterocycles. The maximum Gasteiger partial charge on any atom is 0.306 e. The van der Waals surface area contributed by atoms with Gasteiger partial charge in [-0.1, -0.05) is 13.8 Å². The van der Waals surface area contributed by atoms with Crippen LogP contribution in [0.4, 0.5) is 0 Å². The van der Waals surface area contributed by atoms with Gasteiger partial charge in [0.2, 0.25) is 0 Å². The molecule has 0 saturated carbocycles. The van der Waals surface area contributed by atoms with Crippen LogP contribution in [0.15, 0.2) is 0 Å². The van der Waals surface area contributed by atoms with Gasteiger partial charge >= 0.3 is 5.97 Å². The third kappa shape index (κ3) is 6.50. The molecular formula is C12H24O3. The van der Waals surface area contributed by atoms with Gasteiger partial charge in [-0.05, 0) is 26.7 Å². The molecule has 0 N–H and O–H groups in total. The van der Waals surface area contributed by atoms with Crippen molar-refractivity contribution in [1.29, 1.82) is 0 Å². The molecule has 0 heterocycles. The van der Waals surface area contributed by atoms with Crippen LogP contribution in [-0.4, -0.2) is 24.8 Å². The van der Waals surface area contributed by atoms with Crippen LogP contribution in [0.5, 0.6) is 0 Å². The quantitative estimate of drug-likeness (QED) is 0.614. The number of ether oxygens (including phenoxy) is 2. The van der Waals surface area contributed by atoms with E-state index >= 15 is 0 Å². The highest BCUT2D eigenvalue weighted by molar-refractivity contribution is 5.69. The highest BCUT2D eigenvalue weighted by atomic mass is 16.6. The summed E-state index contributed by atoms with van der Waals surface area (Å²) in [7, 11) is 1.69. The smallest absolute Gasteiger partial charge is 0.306 e. The Kier molecular flexibility index (Phi) is 6.57. The van der Waals surface area contributed by atoms with E-state index < -0.39 is 5.60 Å². The van der Waals surface area contributed by atoms with Gasteiger partial charge in [-0.2, -0.15) is 0 Å². The highest BCUT2D eigenvalue weighted by Gasteiger charge is 2.26. The summed E-state index contributed by atoms with van der Waals surface area (Å²) < 4.78 is 10.7. The first-order valence-electron chi connectivity index (χ1n) is 5.69. The zero-order valence-electron chi connectivity index (χ0n) is 10.6. The fraction of sp³-hybridized carbons (Fsp3) is 0.917. The van der Waals surface area contributed by atoms with Gasteiger partial charge in [-0.25, -0.2) is 0 Å². The Morgan fingerprint density at radius 2 is 1.93 bits per heavy atom.